The van der Waals surface area contributed by atoms with Crippen molar-refractivity contribution < 1.29 is 14.6 Å². The van der Waals surface area contributed by atoms with Crippen LogP contribution in [-0.4, -0.2) is 24.4 Å². The number of ether oxygens (including phenoxy) is 1. The van der Waals surface area contributed by atoms with Gasteiger partial charge in [0.15, 0.2) is 0 Å². The standard InChI is InChI=1S/C35H39NO3/c1-24-10-9-20-35(2,3)32(24)18-17-25-11-8-12-26(22-25)33(37)19-21-36-34(38)39-23-31-29-15-6-4-13-27(29)28-14-5-7-16-30(28)31/h4-8,11-18,22,31,33,37H,9-10,19-21,23H2,1-3H3,(H,36,38). The van der Waals surface area contributed by atoms with Crippen LogP contribution in [0.3, 0.4) is 0 Å². The number of benzene rings is 3. The van der Waals surface area contributed by atoms with Gasteiger partial charge >= 0.3 is 6.09 Å². The highest BCUT2D eigenvalue weighted by Gasteiger charge is 2.29. The van der Waals surface area contributed by atoms with E-state index in [2.05, 4.69) is 68.6 Å². The van der Waals surface area contributed by atoms with E-state index in [4.69, 9.17) is 4.74 Å². The molecule has 0 saturated carbocycles. The number of carbonyl (C=O) groups excluding carboxylic acids is 1. The zero-order chi connectivity index (χ0) is 27.4. The summed E-state index contributed by atoms with van der Waals surface area (Å²) in [5.74, 6) is 0.0308. The Balaban J connectivity index is 1.13. The molecule has 1 atom stereocenters. The highest BCUT2D eigenvalue weighted by molar-refractivity contribution is 5.79. The predicted molar refractivity (Wildman–Crippen MR) is 158 cm³/mol. The molecule has 0 saturated heterocycles. The van der Waals surface area contributed by atoms with Crippen LogP contribution in [0.5, 0.6) is 0 Å². The van der Waals surface area contributed by atoms with Gasteiger partial charge in [0.1, 0.15) is 6.61 Å². The molecule has 4 nitrogen and oxygen atoms in total. The van der Waals surface area contributed by atoms with Gasteiger partial charge in [-0.1, -0.05) is 98.3 Å². The largest absolute Gasteiger partial charge is 0.449 e. The highest BCUT2D eigenvalue weighted by atomic mass is 16.5. The summed E-state index contributed by atoms with van der Waals surface area (Å²) >= 11 is 0. The van der Waals surface area contributed by atoms with E-state index in [0.29, 0.717) is 13.0 Å². The van der Waals surface area contributed by atoms with Crippen molar-refractivity contribution in [1.29, 1.82) is 0 Å². The number of alkyl carbamates (subject to hydrolysis) is 1. The van der Waals surface area contributed by atoms with E-state index in [1.165, 1.54) is 52.7 Å². The molecule has 202 valence electrons. The van der Waals surface area contributed by atoms with Crippen LogP contribution in [0.2, 0.25) is 0 Å². The van der Waals surface area contributed by atoms with Crippen LogP contribution in [0.15, 0.2) is 90.0 Å². The first-order valence-corrected chi connectivity index (χ1v) is 14.1. The Bertz CT molecular complexity index is 1350. The fourth-order valence-electron chi connectivity index (χ4n) is 6.19. The minimum Gasteiger partial charge on any atom is -0.449 e. The van der Waals surface area contributed by atoms with Crippen LogP contribution >= 0.6 is 0 Å². The molecule has 3 aromatic carbocycles. The normalized spacial score (nSPS) is 17.1. The Labute approximate surface area is 232 Å². The summed E-state index contributed by atoms with van der Waals surface area (Å²) in [6, 6.07) is 24.6. The topological polar surface area (TPSA) is 58.6 Å². The van der Waals surface area contributed by atoms with Crippen molar-refractivity contribution in [3.63, 3.8) is 0 Å². The maximum Gasteiger partial charge on any atom is 0.407 e. The molecular weight excluding hydrogens is 482 g/mol. The second-order valence-electron chi connectivity index (χ2n) is 11.5. The summed E-state index contributed by atoms with van der Waals surface area (Å²) in [6.07, 6.45) is 7.31. The first-order chi connectivity index (χ1) is 18.8. The zero-order valence-corrected chi connectivity index (χ0v) is 23.2. The number of aliphatic hydroxyl groups excluding tert-OH is 1. The van der Waals surface area contributed by atoms with Crippen molar-refractivity contribution in [3.8, 4) is 11.1 Å². The van der Waals surface area contributed by atoms with Gasteiger partial charge in [-0.3, -0.25) is 0 Å². The Morgan fingerprint density at radius 3 is 2.41 bits per heavy atom. The van der Waals surface area contributed by atoms with E-state index in [1.54, 1.807) is 0 Å². The van der Waals surface area contributed by atoms with Gasteiger partial charge in [0, 0.05) is 12.5 Å². The van der Waals surface area contributed by atoms with Crippen LogP contribution in [0.25, 0.3) is 17.2 Å². The molecular formula is C35H39NO3. The maximum absolute atomic E-state index is 12.5. The van der Waals surface area contributed by atoms with Crippen LogP contribution in [0.1, 0.15) is 80.7 Å². The third-order valence-corrected chi connectivity index (χ3v) is 8.31. The van der Waals surface area contributed by atoms with Crippen molar-refractivity contribution in [2.45, 2.75) is 58.5 Å². The third-order valence-electron chi connectivity index (χ3n) is 8.31. The number of nitrogens with one attached hydrogen (secondary N) is 1. The molecule has 4 heteroatoms. The van der Waals surface area contributed by atoms with Crippen LogP contribution in [0.4, 0.5) is 4.79 Å². The fraction of sp³-hybridized carbons (Fsp3) is 0.343. The van der Waals surface area contributed by atoms with Gasteiger partial charge in [-0.15, -0.1) is 0 Å². The number of fused-ring (bicyclic) bond motifs is 3. The smallest absolute Gasteiger partial charge is 0.407 e. The zero-order valence-electron chi connectivity index (χ0n) is 23.2. The Morgan fingerprint density at radius 1 is 1.03 bits per heavy atom. The minimum absolute atomic E-state index is 0.0308. The van der Waals surface area contributed by atoms with Crippen LogP contribution in [-0.2, 0) is 4.74 Å². The van der Waals surface area contributed by atoms with Gasteiger partial charge in [0.25, 0.3) is 0 Å². The number of hydrogen-bond acceptors (Lipinski definition) is 3. The van der Waals surface area contributed by atoms with Gasteiger partial charge in [-0.2, -0.15) is 0 Å². The lowest BCUT2D eigenvalue weighted by atomic mass is 9.72. The number of amides is 1. The van der Waals surface area contributed by atoms with Crippen LogP contribution in [0, 0.1) is 5.41 Å². The molecule has 0 fully saturated rings. The number of rotatable bonds is 8. The van der Waals surface area contributed by atoms with Crippen molar-refractivity contribution >= 4 is 12.2 Å². The Morgan fingerprint density at radius 2 is 1.72 bits per heavy atom. The molecule has 3 aromatic rings. The third kappa shape index (κ3) is 6.02. The highest BCUT2D eigenvalue weighted by Crippen LogP contribution is 2.44. The lowest BCUT2D eigenvalue weighted by Gasteiger charge is -2.32. The first kappa shape index (κ1) is 27.0. The molecule has 1 amide bonds. The van der Waals surface area contributed by atoms with E-state index in [-0.39, 0.29) is 17.9 Å². The average molecular weight is 522 g/mol. The molecule has 0 heterocycles. The van der Waals surface area contributed by atoms with Crippen molar-refractivity contribution in [2.24, 2.45) is 5.41 Å². The summed E-state index contributed by atoms with van der Waals surface area (Å²) in [5.41, 5.74) is 9.79. The number of carbonyl (C=O) groups is 1. The lowest BCUT2D eigenvalue weighted by Crippen LogP contribution is -2.27. The first-order valence-electron chi connectivity index (χ1n) is 14.1. The summed E-state index contributed by atoms with van der Waals surface area (Å²) in [6.45, 7) is 7.49. The predicted octanol–water partition coefficient (Wildman–Crippen LogP) is 8.19. The van der Waals surface area contributed by atoms with Gasteiger partial charge in [0.05, 0.1) is 6.10 Å². The lowest BCUT2D eigenvalue weighted by molar-refractivity contribution is 0.136. The van der Waals surface area contributed by atoms with E-state index in [9.17, 15) is 9.90 Å². The second kappa shape index (κ2) is 11.6. The van der Waals surface area contributed by atoms with Crippen molar-refractivity contribution in [3.05, 3.63) is 112 Å². The minimum atomic E-state index is -0.667. The second-order valence-corrected chi connectivity index (χ2v) is 11.5. The number of hydrogen-bond donors (Lipinski definition) is 2. The molecule has 39 heavy (non-hydrogen) atoms. The van der Waals surface area contributed by atoms with Crippen molar-refractivity contribution in [2.75, 3.05) is 13.2 Å². The summed E-state index contributed by atoms with van der Waals surface area (Å²) in [4.78, 5) is 12.5. The summed E-state index contributed by atoms with van der Waals surface area (Å²) < 4.78 is 5.62. The molecule has 2 N–H and O–H groups in total. The van der Waals surface area contributed by atoms with Gasteiger partial charge in [-0.25, -0.2) is 4.79 Å². The van der Waals surface area contributed by atoms with Gasteiger partial charge in [-0.05, 0) is 83.0 Å². The molecule has 0 bridgehead atoms. The van der Waals surface area contributed by atoms with Gasteiger partial charge in [0.2, 0.25) is 0 Å². The Kier molecular flexibility index (Phi) is 8.04. The van der Waals surface area contributed by atoms with Gasteiger partial charge < -0.3 is 15.2 Å². The average Bonchev–Trinajstić information content (AvgIpc) is 3.25. The van der Waals surface area contributed by atoms with E-state index < -0.39 is 12.2 Å². The number of aliphatic hydroxyl groups is 1. The van der Waals surface area contributed by atoms with Crippen LogP contribution < -0.4 is 5.32 Å². The van der Waals surface area contributed by atoms with Crippen molar-refractivity contribution in [1.82, 2.24) is 5.32 Å². The molecule has 5 rings (SSSR count). The molecule has 0 aromatic heterocycles. The van der Waals surface area contributed by atoms with E-state index in [0.717, 1.165) is 11.1 Å². The van der Waals surface area contributed by atoms with E-state index in [1.807, 2.05) is 42.5 Å². The molecule has 1 unspecified atom stereocenters. The summed E-state index contributed by atoms with van der Waals surface area (Å²) in [7, 11) is 0. The Hall–Kier alpha value is -3.63. The monoisotopic (exact) mass is 521 g/mol. The SMILES string of the molecule is CC1=C(C=Cc2cccc(C(O)CCNC(=O)OCC3c4ccccc4-c4ccccc43)c2)C(C)(C)CCC1. The fourth-order valence-corrected chi connectivity index (χ4v) is 6.19. The van der Waals surface area contributed by atoms with E-state index >= 15 is 0 Å². The molecule has 2 aliphatic rings. The molecule has 2 aliphatic carbocycles. The number of allylic oxidation sites excluding steroid dienone is 3. The molecule has 0 aliphatic heterocycles. The summed E-state index contributed by atoms with van der Waals surface area (Å²) in [5, 5.41) is 13.6. The maximum atomic E-state index is 12.5. The molecule has 0 radical (unpaired) electrons. The molecule has 0 spiro atoms. The quantitative estimate of drug-likeness (QED) is 0.314.